The molecule has 0 spiro atoms. The van der Waals surface area contributed by atoms with Crippen LogP contribution in [-0.2, 0) is 4.74 Å². The van der Waals surface area contributed by atoms with Gasteiger partial charge in [-0.05, 0) is 25.0 Å². The summed E-state index contributed by atoms with van der Waals surface area (Å²) in [4.78, 5) is 11.9. The molecular formula is C14H19NO2. The predicted octanol–water partition coefficient (Wildman–Crippen LogP) is 2.23. The molecule has 1 aliphatic rings. The molecule has 0 heterocycles. The molecule has 17 heavy (non-hydrogen) atoms. The van der Waals surface area contributed by atoms with E-state index in [1.54, 1.807) is 7.11 Å². The third-order valence-electron chi connectivity index (χ3n) is 3.52. The second kappa shape index (κ2) is 5.32. The molecule has 0 unspecified atom stereocenters. The third-order valence-corrected chi connectivity index (χ3v) is 3.52. The minimum atomic E-state index is 0.00739. The Bertz CT molecular complexity index is 371. The minimum absolute atomic E-state index is 0.00739. The average molecular weight is 233 g/mol. The lowest BCUT2D eigenvalue weighted by Crippen LogP contribution is -2.45. The Kier molecular flexibility index (Phi) is 3.79. The van der Waals surface area contributed by atoms with Gasteiger partial charge in [-0.2, -0.15) is 0 Å². The van der Waals surface area contributed by atoms with Gasteiger partial charge in [-0.1, -0.05) is 24.6 Å². The maximum absolute atomic E-state index is 11.9. The number of methoxy groups -OCH3 is 1. The molecule has 3 nitrogen and oxygen atoms in total. The highest BCUT2D eigenvalue weighted by atomic mass is 16.5. The van der Waals surface area contributed by atoms with Gasteiger partial charge in [-0.25, -0.2) is 0 Å². The third kappa shape index (κ3) is 2.86. The van der Waals surface area contributed by atoms with Gasteiger partial charge in [0.25, 0.3) is 5.91 Å². The van der Waals surface area contributed by atoms with Crippen molar-refractivity contribution in [2.45, 2.75) is 19.3 Å². The molecular weight excluding hydrogens is 214 g/mol. The molecule has 0 aromatic heterocycles. The molecule has 0 bridgehead atoms. The quantitative estimate of drug-likeness (QED) is 0.847. The van der Waals surface area contributed by atoms with Crippen molar-refractivity contribution in [3.63, 3.8) is 0 Å². The average Bonchev–Trinajstić information content (AvgIpc) is 2.33. The Morgan fingerprint density at radius 3 is 2.59 bits per heavy atom. The number of amides is 1. The van der Waals surface area contributed by atoms with Crippen LogP contribution >= 0.6 is 0 Å². The maximum Gasteiger partial charge on any atom is 0.251 e. The summed E-state index contributed by atoms with van der Waals surface area (Å²) in [6.07, 6.45) is 3.54. The topological polar surface area (TPSA) is 38.3 Å². The highest BCUT2D eigenvalue weighted by Gasteiger charge is 2.37. The van der Waals surface area contributed by atoms with E-state index in [2.05, 4.69) is 5.32 Å². The van der Waals surface area contributed by atoms with Gasteiger partial charge in [-0.15, -0.1) is 0 Å². The van der Waals surface area contributed by atoms with Crippen molar-refractivity contribution in [1.29, 1.82) is 0 Å². The van der Waals surface area contributed by atoms with Gasteiger partial charge in [0.1, 0.15) is 0 Å². The van der Waals surface area contributed by atoms with Crippen molar-refractivity contribution >= 4 is 5.91 Å². The van der Waals surface area contributed by atoms with Gasteiger partial charge in [0.15, 0.2) is 0 Å². The number of rotatable bonds is 5. The molecule has 1 fully saturated rings. The Morgan fingerprint density at radius 1 is 1.35 bits per heavy atom. The smallest absolute Gasteiger partial charge is 0.251 e. The zero-order valence-electron chi connectivity index (χ0n) is 10.2. The van der Waals surface area contributed by atoms with E-state index in [1.807, 2.05) is 30.3 Å². The first kappa shape index (κ1) is 12.1. The van der Waals surface area contributed by atoms with E-state index in [0.717, 1.165) is 25.0 Å². The molecule has 0 saturated heterocycles. The van der Waals surface area contributed by atoms with E-state index in [9.17, 15) is 4.79 Å². The number of ether oxygens (including phenoxy) is 1. The summed E-state index contributed by atoms with van der Waals surface area (Å²) < 4.78 is 5.24. The molecule has 1 saturated carbocycles. The van der Waals surface area contributed by atoms with Gasteiger partial charge in [-0.3, -0.25) is 4.79 Å². The number of hydrogen-bond donors (Lipinski definition) is 1. The van der Waals surface area contributed by atoms with Gasteiger partial charge in [0.2, 0.25) is 0 Å². The van der Waals surface area contributed by atoms with Crippen LogP contribution < -0.4 is 5.32 Å². The number of hydrogen-bond acceptors (Lipinski definition) is 2. The monoisotopic (exact) mass is 233 g/mol. The van der Waals surface area contributed by atoms with Gasteiger partial charge in [0.05, 0.1) is 6.61 Å². The summed E-state index contributed by atoms with van der Waals surface area (Å²) in [6.45, 7) is 1.45. The lowest BCUT2D eigenvalue weighted by atomic mass is 9.69. The first-order valence-electron chi connectivity index (χ1n) is 6.08. The lowest BCUT2D eigenvalue weighted by Gasteiger charge is -2.41. The van der Waals surface area contributed by atoms with E-state index in [0.29, 0.717) is 6.54 Å². The van der Waals surface area contributed by atoms with Crippen molar-refractivity contribution < 1.29 is 9.53 Å². The Morgan fingerprint density at radius 2 is 2.06 bits per heavy atom. The molecule has 0 radical (unpaired) electrons. The van der Waals surface area contributed by atoms with Gasteiger partial charge < -0.3 is 10.1 Å². The fourth-order valence-corrected chi connectivity index (χ4v) is 2.31. The molecule has 1 N–H and O–H groups in total. The number of carbonyl (C=O) groups is 1. The van der Waals surface area contributed by atoms with Crippen LogP contribution in [0, 0.1) is 5.41 Å². The first-order valence-corrected chi connectivity index (χ1v) is 6.08. The molecule has 1 aliphatic carbocycles. The SMILES string of the molecule is COCC1(CNC(=O)c2ccccc2)CCC1. The summed E-state index contributed by atoms with van der Waals surface area (Å²) in [5.74, 6) is 0.00739. The molecule has 0 atom stereocenters. The molecule has 1 aromatic carbocycles. The number of benzene rings is 1. The largest absolute Gasteiger partial charge is 0.384 e. The van der Waals surface area contributed by atoms with Crippen LogP contribution in [0.4, 0.5) is 0 Å². The van der Waals surface area contributed by atoms with E-state index >= 15 is 0 Å². The second-order valence-electron chi connectivity index (χ2n) is 4.84. The fraction of sp³-hybridized carbons (Fsp3) is 0.500. The summed E-state index contributed by atoms with van der Waals surface area (Å²) in [5, 5.41) is 3.01. The zero-order valence-corrected chi connectivity index (χ0v) is 10.2. The summed E-state index contributed by atoms with van der Waals surface area (Å²) >= 11 is 0. The van der Waals surface area contributed by atoms with E-state index < -0.39 is 0 Å². The summed E-state index contributed by atoms with van der Waals surface area (Å²) in [5.41, 5.74) is 0.901. The highest BCUT2D eigenvalue weighted by Crippen LogP contribution is 2.40. The van der Waals surface area contributed by atoms with Crippen LogP contribution in [0.25, 0.3) is 0 Å². The van der Waals surface area contributed by atoms with Crippen LogP contribution in [0.15, 0.2) is 30.3 Å². The minimum Gasteiger partial charge on any atom is -0.384 e. The zero-order chi connectivity index (χ0) is 12.1. The van der Waals surface area contributed by atoms with Crippen molar-refractivity contribution in [2.24, 2.45) is 5.41 Å². The van der Waals surface area contributed by atoms with E-state index in [4.69, 9.17) is 4.74 Å². The van der Waals surface area contributed by atoms with Crippen molar-refractivity contribution in [1.82, 2.24) is 5.32 Å². The van der Waals surface area contributed by atoms with E-state index in [1.165, 1.54) is 6.42 Å². The Labute approximate surface area is 102 Å². The second-order valence-corrected chi connectivity index (χ2v) is 4.84. The molecule has 1 amide bonds. The molecule has 1 aromatic rings. The molecule has 92 valence electrons. The van der Waals surface area contributed by atoms with Crippen LogP contribution in [0.1, 0.15) is 29.6 Å². The first-order chi connectivity index (χ1) is 8.26. The molecule has 3 heteroatoms. The van der Waals surface area contributed by atoms with Crippen LogP contribution in [0.2, 0.25) is 0 Å². The highest BCUT2D eigenvalue weighted by molar-refractivity contribution is 5.94. The molecule has 2 rings (SSSR count). The maximum atomic E-state index is 11.9. The van der Waals surface area contributed by atoms with Gasteiger partial charge in [0, 0.05) is 24.6 Å². The lowest BCUT2D eigenvalue weighted by molar-refractivity contribution is 0.0180. The standard InChI is InChI=1S/C14H19NO2/c1-17-11-14(8-5-9-14)10-15-13(16)12-6-3-2-4-7-12/h2-4,6-7H,5,8-11H2,1H3,(H,15,16). The number of nitrogens with one attached hydrogen (secondary N) is 1. The van der Waals surface area contributed by atoms with Crippen LogP contribution in [0.5, 0.6) is 0 Å². The Hall–Kier alpha value is -1.35. The Balaban J connectivity index is 1.88. The predicted molar refractivity (Wildman–Crippen MR) is 66.9 cm³/mol. The van der Waals surface area contributed by atoms with Gasteiger partial charge >= 0.3 is 0 Å². The fourth-order valence-electron chi connectivity index (χ4n) is 2.31. The van der Waals surface area contributed by atoms with Crippen LogP contribution in [-0.4, -0.2) is 26.2 Å². The van der Waals surface area contributed by atoms with Crippen molar-refractivity contribution in [2.75, 3.05) is 20.3 Å². The van der Waals surface area contributed by atoms with Crippen molar-refractivity contribution in [3.05, 3.63) is 35.9 Å². The van der Waals surface area contributed by atoms with E-state index in [-0.39, 0.29) is 11.3 Å². The van der Waals surface area contributed by atoms with Crippen molar-refractivity contribution in [3.8, 4) is 0 Å². The number of carbonyl (C=O) groups excluding carboxylic acids is 1. The normalized spacial score (nSPS) is 17.2. The summed E-state index contributed by atoms with van der Waals surface area (Å²) in [7, 11) is 1.72. The molecule has 0 aliphatic heterocycles. The summed E-state index contributed by atoms with van der Waals surface area (Å²) in [6, 6.07) is 9.33. The van der Waals surface area contributed by atoms with Crippen LogP contribution in [0.3, 0.4) is 0 Å².